The van der Waals surface area contributed by atoms with Crippen LogP contribution < -0.4 is 14.8 Å². The van der Waals surface area contributed by atoms with Crippen molar-refractivity contribution < 1.29 is 23.1 Å². The second-order valence-corrected chi connectivity index (χ2v) is 13.7. The number of benzene rings is 3. The first-order valence-corrected chi connectivity index (χ1v) is 16.2. The van der Waals surface area contributed by atoms with Crippen LogP contribution in [0.1, 0.15) is 65.0 Å². The van der Waals surface area contributed by atoms with E-state index in [1.165, 1.54) is 33.4 Å². The third-order valence-electron chi connectivity index (χ3n) is 8.73. The number of hydrogen-bond acceptors (Lipinski definition) is 5. The fourth-order valence-corrected chi connectivity index (χ4v) is 7.04. The van der Waals surface area contributed by atoms with Crippen molar-refractivity contribution in [3.05, 3.63) is 81.9 Å². The Labute approximate surface area is 243 Å². The number of hydrogen-bond donors (Lipinski definition) is 3. The summed E-state index contributed by atoms with van der Waals surface area (Å²) in [5, 5.41) is 13.1. The lowest BCUT2D eigenvalue weighted by molar-refractivity contribution is -0.137. The molecule has 0 bridgehead atoms. The number of nitrogens with one attached hydrogen (secondary N) is 2. The quantitative estimate of drug-likeness (QED) is 0.225. The van der Waals surface area contributed by atoms with Gasteiger partial charge >= 0.3 is 5.97 Å². The van der Waals surface area contributed by atoms with Gasteiger partial charge in [0.05, 0.1) is 19.3 Å². The van der Waals surface area contributed by atoms with Crippen LogP contribution in [0.15, 0.2) is 48.5 Å². The molecule has 41 heavy (non-hydrogen) atoms. The number of carboxylic acid groups (broad SMARTS) is 1. The van der Waals surface area contributed by atoms with Gasteiger partial charge in [0, 0.05) is 24.7 Å². The van der Waals surface area contributed by atoms with Crippen molar-refractivity contribution in [2.24, 2.45) is 5.41 Å². The predicted molar refractivity (Wildman–Crippen MR) is 163 cm³/mol. The molecule has 7 nitrogen and oxygen atoms in total. The molecule has 0 heterocycles. The van der Waals surface area contributed by atoms with Crippen LogP contribution in [0.25, 0.3) is 11.1 Å². The van der Waals surface area contributed by atoms with Crippen LogP contribution in [0.5, 0.6) is 5.75 Å². The molecule has 3 aromatic rings. The molecular formula is C33H40N2O5S. The maximum Gasteiger partial charge on any atom is 0.303 e. The molecule has 2 aliphatic carbocycles. The molecule has 1 unspecified atom stereocenters. The number of aryl methyl sites for hydroxylation is 2. The van der Waals surface area contributed by atoms with E-state index in [-0.39, 0.29) is 17.8 Å². The molecule has 3 N–H and O–H groups in total. The summed E-state index contributed by atoms with van der Waals surface area (Å²) in [7, 11) is -3.18. The minimum absolute atomic E-state index is 0.142. The summed E-state index contributed by atoms with van der Waals surface area (Å²) in [4.78, 5) is 11.5. The summed E-state index contributed by atoms with van der Waals surface area (Å²) in [5.41, 5.74) is 10.9. The lowest BCUT2D eigenvalue weighted by Crippen LogP contribution is -2.24. The van der Waals surface area contributed by atoms with Crippen LogP contribution in [0.3, 0.4) is 0 Å². The average molecular weight is 577 g/mol. The Hall–Kier alpha value is -3.36. The molecule has 0 saturated heterocycles. The Kier molecular flexibility index (Phi) is 8.17. The van der Waals surface area contributed by atoms with E-state index in [1.807, 2.05) is 12.1 Å². The standard InChI is InChI=1S/C33H40N2O5S/c1-21-15-27(40-14-6-13-35-41(4,38)39)16-22(2)32(21)28-8-5-7-24(23(28)3)20-34-26-9-10-29-25(17-26)19-33(11-12-33)30(29)18-31(36)37/h5,7-10,15-17,30,34-35H,6,11-14,18-20H2,1-4H3,(H,36,37). The zero-order valence-electron chi connectivity index (χ0n) is 24.3. The Balaban J connectivity index is 1.26. The fourth-order valence-electron chi connectivity index (χ4n) is 6.52. The third-order valence-corrected chi connectivity index (χ3v) is 9.46. The molecule has 1 spiro atoms. The summed E-state index contributed by atoms with van der Waals surface area (Å²) < 4.78 is 30.8. The number of ether oxygens (including phenoxy) is 1. The smallest absolute Gasteiger partial charge is 0.303 e. The van der Waals surface area contributed by atoms with Crippen molar-refractivity contribution in [2.45, 2.75) is 65.3 Å². The van der Waals surface area contributed by atoms with Crippen LogP contribution in [-0.2, 0) is 27.8 Å². The molecule has 218 valence electrons. The first-order chi connectivity index (χ1) is 19.5. The molecule has 5 rings (SSSR count). The van der Waals surface area contributed by atoms with Crippen LogP contribution in [0.2, 0.25) is 0 Å². The van der Waals surface area contributed by atoms with Gasteiger partial charge in [-0.1, -0.05) is 24.3 Å². The maximum atomic E-state index is 11.5. The van der Waals surface area contributed by atoms with Crippen molar-refractivity contribution in [2.75, 3.05) is 24.7 Å². The SMILES string of the molecule is Cc1cc(OCCCNS(C)(=O)=O)cc(C)c1-c1cccc(CNc2ccc3c(c2)CC2(CC2)C3CC(=O)O)c1C. The van der Waals surface area contributed by atoms with E-state index in [0.29, 0.717) is 26.1 Å². The van der Waals surface area contributed by atoms with E-state index in [4.69, 9.17) is 4.74 Å². The van der Waals surface area contributed by atoms with Crippen molar-refractivity contribution >= 4 is 21.7 Å². The van der Waals surface area contributed by atoms with E-state index in [1.54, 1.807) is 0 Å². The third kappa shape index (κ3) is 6.60. The summed E-state index contributed by atoms with van der Waals surface area (Å²) in [6.07, 6.45) is 5.21. The number of carboxylic acids is 1. The average Bonchev–Trinajstić information content (AvgIpc) is 3.60. The van der Waals surface area contributed by atoms with Gasteiger partial charge in [0.25, 0.3) is 0 Å². The second-order valence-electron chi connectivity index (χ2n) is 11.8. The Morgan fingerprint density at radius 1 is 1.07 bits per heavy atom. The number of anilines is 1. The molecule has 2 aliphatic rings. The van der Waals surface area contributed by atoms with Crippen molar-refractivity contribution in [1.82, 2.24) is 4.72 Å². The van der Waals surface area contributed by atoms with Gasteiger partial charge in [-0.2, -0.15) is 0 Å². The van der Waals surface area contributed by atoms with Crippen LogP contribution in [0, 0.1) is 26.2 Å². The monoisotopic (exact) mass is 576 g/mol. The number of carbonyl (C=O) groups is 1. The molecule has 1 fully saturated rings. The highest BCUT2D eigenvalue weighted by atomic mass is 32.2. The van der Waals surface area contributed by atoms with E-state index in [9.17, 15) is 18.3 Å². The van der Waals surface area contributed by atoms with E-state index in [2.05, 4.69) is 67.2 Å². The largest absolute Gasteiger partial charge is 0.494 e. The molecule has 3 aromatic carbocycles. The molecule has 0 aliphatic heterocycles. The van der Waals surface area contributed by atoms with Crippen LogP contribution in [-0.4, -0.2) is 38.9 Å². The minimum atomic E-state index is -3.18. The molecule has 0 amide bonds. The maximum absolute atomic E-state index is 11.5. The lowest BCUT2D eigenvalue weighted by atomic mass is 9.87. The normalized spacial score (nSPS) is 16.9. The zero-order chi connectivity index (χ0) is 29.4. The Morgan fingerprint density at radius 2 is 1.80 bits per heavy atom. The van der Waals surface area contributed by atoms with Crippen LogP contribution in [0.4, 0.5) is 5.69 Å². The molecule has 1 atom stereocenters. The van der Waals surface area contributed by atoms with E-state index >= 15 is 0 Å². The second kappa shape index (κ2) is 11.5. The van der Waals surface area contributed by atoms with Crippen molar-refractivity contribution in [3.8, 4) is 16.9 Å². The number of fused-ring (bicyclic) bond motifs is 1. The van der Waals surface area contributed by atoms with Gasteiger partial charge in [-0.05, 0) is 121 Å². The summed E-state index contributed by atoms with van der Waals surface area (Å²) in [5.74, 6) is 0.218. The van der Waals surface area contributed by atoms with Gasteiger partial charge in [-0.3, -0.25) is 4.79 Å². The number of rotatable bonds is 12. The molecule has 0 radical (unpaired) electrons. The van der Waals surface area contributed by atoms with Crippen LogP contribution >= 0.6 is 0 Å². The van der Waals surface area contributed by atoms with Crippen molar-refractivity contribution in [1.29, 1.82) is 0 Å². The van der Waals surface area contributed by atoms with E-state index in [0.717, 1.165) is 48.1 Å². The van der Waals surface area contributed by atoms with E-state index < -0.39 is 16.0 Å². The lowest BCUT2D eigenvalue weighted by Gasteiger charge is -2.18. The van der Waals surface area contributed by atoms with Gasteiger partial charge in [-0.15, -0.1) is 0 Å². The van der Waals surface area contributed by atoms with Gasteiger partial charge in [0.15, 0.2) is 0 Å². The highest BCUT2D eigenvalue weighted by molar-refractivity contribution is 7.88. The van der Waals surface area contributed by atoms with Gasteiger partial charge in [0.1, 0.15) is 5.75 Å². The Bertz CT molecular complexity index is 1550. The first kappa shape index (κ1) is 29.1. The van der Waals surface area contributed by atoms with Gasteiger partial charge in [-0.25, -0.2) is 13.1 Å². The molecule has 0 aromatic heterocycles. The number of aliphatic carboxylic acids is 1. The highest BCUT2D eigenvalue weighted by Gasteiger charge is 2.54. The van der Waals surface area contributed by atoms with Gasteiger partial charge in [0.2, 0.25) is 10.0 Å². The number of sulfonamides is 1. The summed E-state index contributed by atoms with van der Waals surface area (Å²) in [6, 6.07) is 17.0. The predicted octanol–water partition coefficient (Wildman–Crippen LogP) is 6.10. The topological polar surface area (TPSA) is 105 Å². The Morgan fingerprint density at radius 3 is 2.46 bits per heavy atom. The summed E-state index contributed by atoms with van der Waals surface area (Å²) >= 11 is 0. The molecule has 1 saturated carbocycles. The molecule has 8 heteroatoms. The van der Waals surface area contributed by atoms with Gasteiger partial charge < -0.3 is 15.2 Å². The zero-order valence-corrected chi connectivity index (χ0v) is 25.2. The highest BCUT2D eigenvalue weighted by Crippen LogP contribution is 2.64. The summed E-state index contributed by atoms with van der Waals surface area (Å²) in [6.45, 7) is 7.85. The molecular weight excluding hydrogens is 536 g/mol. The first-order valence-electron chi connectivity index (χ1n) is 14.3. The van der Waals surface area contributed by atoms with Crippen molar-refractivity contribution in [3.63, 3.8) is 0 Å². The fraction of sp³-hybridized carbons (Fsp3) is 0.424. The minimum Gasteiger partial charge on any atom is -0.494 e.